The Hall–Kier alpha value is -0.650. The zero-order valence-corrected chi connectivity index (χ0v) is 8.55. The van der Waals surface area contributed by atoms with Crippen LogP contribution in [0.2, 0.25) is 0 Å². The van der Waals surface area contributed by atoms with Crippen LogP contribution in [-0.4, -0.2) is 36.0 Å². The minimum absolute atomic E-state index is 0. The quantitative estimate of drug-likeness (QED) is 0.590. The fourth-order valence-electron chi connectivity index (χ4n) is 1.40. The molecule has 0 aromatic heterocycles. The van der Waals surface area contributed by atoms with Gasteiger partial charge in [0.15, 0.2) is 0 Å². The van der Waals surface area contributed by atoms with Crippen molar-refractivity contribution in [3.63, 3.8) is 0 Å². The first-order chi connectivity index (χ1) is 6.11. The van der Waals surface area contributed by atoms with Crippen LogP contribution >= 0.6 is 12.4 Å². The number of hydrogen-bond donors (Lipinski definition) is 3. The van der Waals surface area contributed by atoms with Crippen LogP contribution in [0.25, 0.3) is 0 Å². The summed E-state index contributed by atoms with van der Waals surface area (Å²) >= 11 is 0. The van der Waals surface area contributed by atoms with Gasteiger partial charge in [-0.05, 0) is 13.0 Å². The van der Waals surface area contributed by atoms with Crippen molar-refractivity contribution in [2.75, 3.05) is 13.1 Å². The molecule has 1 fully saturated rings. The van der Waals surface area contributed by atoms with Gasteiger partial charge in [-0.1, -0.05) is 0 Å². The van der Waals surface area contributed by atoms with E-state index in [-0.39, 0.29) is 30.5 Å². The summed E-state index contributed by atoms with van der Waals surface area (Å²) in [6.07, 6.45) is 0.743. The van der Waals surface area contributed by atoms with E-state index < -0.39 is 12.0 Å². The number of Topliss-reactive ketones (excluding diaryl/α,β-unsaturated/α-hetero) is 1. The first kappa shape index (κ1) is 13.4. The highest BCUT2D eigenvalue weighted by Crippen LogP contribution is 2.11. The van der Waals surface area contributed by atoms with Gasteiger partial charge >= 0.3 is 5.97 Å². The average Bonchev–Trinajstić information content (AvgIpc) is 2.55. The number of nitrogens with two attached hydrogens (primary N) is 1. The molecule has 2 unspecified atom stereocenters. The number of aliphatic carboxylic acids is 1. The number of carboxylic acid groups (broad SMARTS) is 1. The summed E-state index contributed by atoms with van der Waals surface area (Å²) in [6, 6.07) is -1.05. The van der Waals surface area contributed by atoms with Crippen molar-refractivity contribution < 1.29 is 14.7 Å². The molecule has 0 bridgehead atoms. The third-order valence-corrected chi connectivity index (χ3v) is 2.25. The molecule has 82 valence electrons. The molecule has 1 saturated heterocycles. The van der Waals surface area contributed by atoms with Crippen LogP contribution < -0.4 is 11.1 Å². The van der Waals surface area contributed by atoms with Crippen LogP contribution in [0.3, 0.4) is 0 Å². The molecule has 0 aliphatic carbocycles. The van der Waals surface area contributed by atoms with Gasteiger partial charge < -0.3 is 16.2 Å². The van der Waals surface area contributed by atoms with E-state index in [2.05, 4.69) is 5.32 Å². The smallest absolute Gasteiger partial charge is 0.320 e. The number of halogens is 1. The molecule has 4 N–H and O–H groups in total. The lowest BCUT2D eigenvalue weighted by Crippen LogP contribution is -2.34. The van der Waals surface area contributed by atoms with Crippen molar-refractivity contribution in [2.45, 2.75) is 18.9 Å². The minimum Gasteiger partial charge on any atom is -0.480 e. The SMILES string of the molecule is Cl.NC(CC(=O)C1CCNC1)C(=O)O. The summed E-state index contributed by atoms with van der Waals surface area (Å²) in [5.74, 6) is -1.19. The molecule has 0 amide bonds. The molecule has 0 aromatic rings. The first-order valence-electron chi connectivity index (χ1n) is 4.33. The maximum absolute atomic E-state index is 11.4. The third kappa shape index (κ3) is 3.61. The monoisotopic (exact) mass is 222 g/mol. The van der Waals surface area contributed by atoms with Crippen molar-refractivity contribution in [2.24, 2.45) is 11.7 Å². The van der Waals surface area contributed by atoms with E-state index in [1.807, 2.05) is 0 Å². The fraction of sp³-hybridized carbons (Fsp3) is 0.750. The maximum Gasteiger partial charge on any atom is 0.320 e. The van der Waals surface area contributed by atoms with Crippen molar-refractivity contribution in [3.8, 4) is 0 Å². The highest BCUT2D eigenvalue weighted by molar-refractivity contribution is 5.87. The van der Waals surface area contributed by atoms with Gasteiger partial charge in [-0.25, -0.2) is 0 Å². The van der Waals surface area contributed by atoms with Gasteiger partial charge in [0.05, 0.1) is 0 Å². The second kappa shape index (κ2) is 5.95. The highest BCUT2D eigenvalue weighted by atomic mass is 35.5. The predicted octanol–water partition coefficient (Wildman–Crippen LogP) is -0.611. The Balaban J connectivity index is 0.00000169. The van der Waals surface area contributed by atoms with Crippen molar-refractivity contribution in [1.82, 2.24) is 5.32 Å². The molecule has 0 aromatic carbocycles. The number of hydrogen-bond acceptors (Lipinski definition) is 4. The van der Waals surface area contributed by atoms with Crippen LogP contribution in [0.4, 0.5) is 0 Å². The van der Waals surface area contributed by atoms with E-state index in [0.717, 1.165) is 13.0 Å². The molecule has 1 aliphatic heterocycles. The normalized spacial score (nSPS) is 22.5. The second-order valence-corrected chi connectivity index (χ2v) is 3.30. The Bertz CT molecular complexity index is 217. The molecule has 6 heteroatoms. The lowest BCUT2D eigenvalue weighted by atomic mass is 9.98. The summed E-state index contributed by atoms with van der Waals surface area (Å²) in [4.78, 5) is 21.7. The fourth-order valence-corrected chi connectivity index (χ4v) is 1.40. The zero-order valence-electron chi connectivity index (χ0n) is 7.73. The largest absolute Gasteiger partial charge is 0.480 e. The standard InChI is InChI=1S/C8H14N2O3.ClH/c9-6(8(12)13)3-7(11)5-1-2-10-4-5;/h5-6,10H,1-4,9H2,(H,12,13);1H. The average molecular weight is 223 g/mol. The molecule has 0 saturated carbocycles. The molecule has 0 radical (unpaired) electrons. The molecule has 1 rings (SSSR count). The van der Waals surface area contributed by atoms with E-state index in [1.165, 1.54) is 0 Å². The minimum atomic E-state index is -1.11. The van der Waals surface area contributed by atoms with Crippen molar-refractivity contribution in [3.05, 3.63) is 0 Å². The number of carboxylic acids is 1. The Morgan fingerprint density at radius 2 is 2.21 bits per heavy atom. The molecule has 1 heterocycles. The summed E-state index contributed by atoms with van der Waals surface area (Å²) in [6.45, 7) is 1.49. The number of nitrogens with one attached hydrogen (secondary N) is 1. The van der Waals surface area contributed by atoms with Crippen LogP contribution in [0.5, 0.6) is 0 Å². The molecule has 5 nitrogen and oxygen atoms in total. The molecular weight excluding hydrogens is 208 g/mol. The van der Waals surface area contributed by atoms with Crippen molar-refractivity contribution in [1.29, 1.82) is 0 Å². The predicted molar refractivity (Wildman–Crippen MR) is 53.5 cm³/mol. The number of ketones is 1. The summed E-state index contributed by atoms with van der Waals surface area (Å²) in [5.41, 5.74) is 5.24. The van der Waals surface area contributed by atoms with E-state index >= 15 is 0 Å². The van der Waals surface area contributed by atoms with Gasteiger partial charge in [0.25, 0.3) is 0 Å². The Labute approximate surface area is 88.4 Å². The van der Waals surface area contributed by atoms with E-state index in [4.69, 9.17) is 10.8 Å². The lowest BCUT2D eigenvalue weighted by molar-refractivity contribution is -0.140. The summed E-state index contributed by atoms with van der Waals surface area (Å²) in [5, 5.41) is 11.5. The highest BCUT2D eigenvalue weighted by Gasteiger charge is 2.25. The van der Waals surface area contributed by atoms with Gasteiger partial charge in [0.1, 0.15) is 11.8 Å². The molecule has 2 atom stereocenters. The summed E-state index contributed by atoms with van der Waals surface area (Å²) < 4.78 is 0. The topological polar surface area (TPSA) is 92.4 Å². The molecule has 14 heavy (non-hydrogen) atoms. The van der Waals surface area contributed by atoms with Crippen LogP contribution in [0.15, 0.2) is 0 Å². The van der Waals surface area contributed by atoms with E-state index in [0.29, 0.717) is 6.54 Å². The first-order valence-corrected chi connectivity index (χ1v) is 4.33. The Morgan fingerprint density at radius 3 is 2.64 bits per heavy atom. The summed E-state index contributed by atoms with van der Waals surface area (Å²) in [7, 11) is 0. The lowest BCUT2D eigenvalue weighted by Gasteiger charge is -2.09. The van der Waals surface area contributed by atoms with Crippen LogP contribution in [-0.2, 0) is 9.59 Å². The molecular formula is C8H15ClN2O3. The van der Waals surface area contributed by atoms with E-state index in [9.17, 15) is 9.59 Å². The van der Waals surface area contributed by atoms with Crippen LogP contribution in [0, 0.1) is 5.92 Å². The number of carbonyl (C=O) groups is 2. The van der Waals surface area contributed by atoms with Gasteiger partial charge in [0.2, 0.25) is 0 Å². The van der Waals surface area contributed by atoms with Gasteiger partial charge in [-0.2, -0.15) is 0 Å². The zero-order chi connectivity index (χ0) is 9.84. The van der Waals surface area contributed by atoms with E-state index in [1.54, 1.807) is 0 Å². The number of rotatable bonds is 4. The van der Waals surface area contributed by atoms with Crippen LogP contribution in [0.1, 0.15) is 12.8 Å². The third-order valence-electron chi connectivity index (χ3n) is 2.25. The van der Waals surface area contributed by atoms with Gasteiger partial charge in [-0.15, -0.1) is 12.4 Å². The second-order valence-electron chi connectivity index (χ2n) is 3.30. The number of carbonyl (C=O) groups excluding carboxylic acids is 1. The van der Waals surface area contributed by atoms with Crippen molar-refractivity contribution >= 4 is 24.2 Å². The molecule has 0 spiro atoms. The van der Waals surface area contributed by atoms with Gasteiger partial charge in [-0.3, -0.25) is 9.59 Å². The van der Waals surface area contributed by atoms with Gasteiger partial charge in [0, 0.05) is 18.9 Å². The Morgan fingerprint density at radius 1 is 1.57 bits per heavy atom. The molecule has 1 aliphatic rings. The maximum atomic E-state index is 11.4. The Kier molecular flexibility index (Phi) is 5.68.